The van der Waals surface area contributed by atoms with Crippen molar-refractivity contribution in [2.24, 2.45) is 5.73 Å². The lowest BCUT2D eigenvalue weighted by Gasteiger charge is -2.05. The normalized spacial score (nSPS) is 14.5. The SMILES string of the molecule is CS(=O)(=O)CC(N)c1nccs1. The molecule has 1 aromatic heterocycles. The number of sulfone groups is 1. The highest BCUT2D eigenvalue weighted by molar-refractivity contribution is 7.90. The number of nitrogens with two attached hydrogens (primary N) is 1. The summed E-state index contributed by atoms with van der Waals surface area (Å²) in [6.07, 6.45) is 2.78. The summed E-state index contributed by atoms with van der Waals surface area (Å²) in [7, 11) is -3.01. The van der Waals surface area contributed by atoms with Gasteiger partial charge in [-0.1, -0.05) is 0 Å². The van der Waals surface area contributed by atoms with Gasteiger partial charge in [0.2, 0.25) is 0 Å². The zero-order valence-corrected chi connectivity index (χ0v) is 8.23. The number of hydrogen-bond acceptors (Lipinski definition) is 5. The Bertz CT molecular complexity index is 330. The highest BCUT2D eigenvalue weighted by Crippen LogP contribution is 2.14. The molecule has 6 heteroatoms. The van der Waals surface area contributed by atoms with Gasteiger partial charge in [0.1, 0.15) is 14.8 Å². The maximum Gasteiger partial charge on any atom is 0.149 e. The summed E-state index contributed by atoms with van der Waals surface area (Å²) in [5, 5.41) is 2.44. The predicted molar refractivity (Wildman–Crippen MR) is 48.8 cm³/mol. The molecule has 0 spiro atoms. The Balaban J connectivity index is 2.68. The predicted octanol–water partition coefficient (Wildman–Crippen LogP) is 0.188. The van der Waals surface area contributed by atoms with Gasteiger partial charge in [-0.3, -0.25) is 0 Å². The molecule has 1 atom stereocenters. The minimum Gasteiger partial charge on any atom is -0.321 e. The fraction of sp³-hybridized carbons (Fsp3) is 0.500. The topological polar surface area (TPSA) is 73.0 Å². The second-order valence-electron chi connectivity index (χ2n) is 2.57. The maximum absolute atomic E-state index is 10.8. The van der Waals surface area contributed by atoms with Crippen LogP contribution in [-0.4, -0.2) is 25.4 Å². The van der Waals surface area contributed by atoms with Crippen molar-refractivity contribution in [1.29, 1.82) is 0 Å². The van der Waals surface area contributed by atoms with Crippen molar-refractivity contribution < 1.29 is 8.42 Å². The Kier molecular flexibility index (Phi) is 2.81. The Labute approximate surface area is 75.4 Å². The quantitative estimate of drug-likeness (QED) is 0.766. The number of thiazole rings is 1. The van der Waals surface area contributed by atoms with E-state index in [9.17, 15) is 8.42 Å². The molecule has 1 heterocycles. The number of aromatic nitrogens is 1. The van der Waals surface area contributed by atoms with Crippen LogP contribution in [0.3, 0.4) is 0 Å². The van der Waals surface area contributed by atoms with E-state index in [0.29, 0.717) is 5.01 Å². The molecule has 0 aliphatic heterocycles. The molecule has 0 radical (unpaired) electrons. The molecule has 4 nitrogen and oxygen atoms in total. The minimum absolute atomic E-state index is 0.0412. The number of hydrogen-bond donors (Lipinski definition) is 1. The summed E-state index contributed by atoms with van der Waals surface area (Å²) >= 11 is 1.37. The van der Waals surface area contributed by atoms with E-state index < -0.39 is 15.9 Å². The van der Waals surface area contributed by atoms with E-state index >= 15 is 0 Å². The van der Waals surface area contributed by atoms with Gasteiger partial charge in [0.15, 0.2) is 0 Å². The van der Waals surface area contributed by atoms with Crippen LogP contribution in [0, 0.1) is 0 Å². The Morgan fingerprint density at radius 1 is 1.75 bits per heavy atom. The lowest BCUT2D eigenvalue weighted by molar-refractivity contribution is 0.594. The summed E-state index contributed by atoms with van der Waals surface area (Å²) in [5.74, 6) is -0.0412. The van der Waals surface area contributed by atoms with Crippen molar-refractivity contribution >= 4 is 21.2 Å². The third-order valence-corrected chi connectivity index (χ3v) is 3.12. The van der Waals surface area contributed by atoms with Crippen LogP contribution in [-0.2, 0) is 9.84 Å². The zero-order valence-electron chi connectivity index (χ0n) is 6.60. The van der Waals surface area contributed by atoms with Crippen molar-refractivity contribution in [3.8, 4) is 0 Å². The van der Waals surface area contributed by atoms with Gasteiger partial charge in [0.05, 0.1) is 11.8 Å². The van der Waals surface area contributed by atoms with Crippen LogP contribution < -0.4 is 5.73 Å². The monoisotopic (exact) mass is 206 g/mol. The van der Waals surface area contributed by atoms with Crippen LogP contribution in [0.4, 0.5) is 0 Å². The molecule has 0 fully saturated rings. The molecule has 2 N–H and O–H groups in total. The fourth-order valence-corrected chi connectivity index (χ4v) is 2.37. The molecule has 0 bridgehead atoms. The summed E-state index contributed by atoms with van der Waals surface area (Å²) in [6.45, 7) is 0. The van der Waals surface area contributed by atoms with Gasteiger partial charge >= 0.3 is 0 Å². The second kappa shape index (κ2) is 3.51. The molecule has 68 valence electrons. The fourth-order valence-electron chi connectivity index (χ4n) is 0.815. The van der Waals surface area contributed by atoms with E-state index in [0.717, 1.165) is 0 Å². The minimum atomic E-state index is -3.01. The van der Waals surface area contributed by atoms with Gasteiger partial charge in [-0.25, -0.2) is 13.4 Å². The summed E-state index contributed by atoms with van der Waals surface area (Å²) in [6, 6.07) is -0.486. The van der Waals surface area contributed by atoms with Crippen LogP contribution in [0.1, 0.15) is 11.0 Å². The largest absolute Gasteiger partial charge is 0.321 e. The molecule has 0 saturated carbocycles. The van der Waals surface area contributed by atoms with E-state index in [2.05, 4.69) is 4.98 Å². The summed E-state index contributed by atoms with van der Waals surface area (Å²) < 4.78 is 21.7. The molecule has 0 amide bonds. The van der Waals surface area contributed by atoms with Crippen molar-refractivity contribution in [2.45, 2.75) is 6.04 Å². The first-order valence-electron chi connectivity index (χ1n) is 3.32. The molecule has 1 rings (SSSR count). The van der Waals surface area contributed by atoms with E-state index in [4.69, 9.17) is 5.73 Å². The van der Waals surface area contributed by atoms with Gasteiger partial charge in [0, 0.05) is 17.8 Å². The molecular weight excluding hydrogens is 196 g/mol. The molecule has 0 aromatic carbocycles. The number of rotatable bonds is 3. The number of nitrogens with zero attached hydrogens (tertiary/aromatic N) is 1. The average molecular weight is 206 g/mol. The van der Waals surface area contributed by atoms with Gasteiger partial charge in [-0.05, 0) is 0 Å². The third-order valence-electron chi connectivity index (χ3n) is 1.25. The molecule has 0 aliphatic rings. The van der Waals surface area contributed by atoms with E-state index in [-0.39, 0.29) is 5.75 Å². The van der Waals surface area contributed by atoms with Crippen molar-refractivity contribution in [3.05, 3.63) is 16.6 Å². The van der Waals surface area contributed by atoms with E-state index in [1.807, 2.05) is 0 Å². The molecular formula is C6H10N2O2S2. The zero-order chi connectivity index (χ0) is 9.19. The lowest BCUT2D eigenvalue weighted by Crippen LogP contribution is -2.20. The van der Waals surface area contributed by atoms with E-state index in [1.165, 1.54) is 17.6 Å². The van der Waals surface area contributed by atoms with Gasteiger partial charge in [-0.15, -0.1) is 11.3 Å². The Hall–Kier alpha value is -0.460. The van der Waals surface area contributed by atoms with Crippen LogP contribution in [0.25, 0.3) is 0 Å². The van der Waals surface area contributed by atoms with Crippen LogP contribution in [0.2, 0.25) is 0 Å². The van der Waals surface area contributed by atoms with Gasteiger partial charge < -0.3 is 5.73 Å². The third kappa shape index (κ3) is 2.88. The average Bonchev–Trinajstić information content (AvgIpc) is 2.32. The van der Waals surface area contributed by atoms with E-state index in [1.54, 1.807) is 11.6 Å². The van der Waals surface area contributed by atoms with Crippen LogP contribution in [0.15, 0.2) is 11.6 Å². The van der Waals surface area contributed by atoms with Crippen molar-refractivity contribution in [1.82, 2.24) is 4.98 Å². The molecule has 12 heavy (non-hydrogen) atoms. The van der Waals surface area contributed by atoms with Crippen molar-refractivity contribution in [3.63, 3.8) is 0 Å². The Morgan fingerprint density at radius 2 is 2.42 bits per heavy atom. The first kappa shape index (κ1) is 9.63. The molecule has 0 aliphatic carbocycles. The highest BCUT2D eigenvalue weighted by Gasteiger charge is 2.14. The van der Waals surface area contributed by atoms with Crippen LogP contribution >= 0.6 is 11.3 Å². The highest BCUT2D eigenvalue weighted by atomic mass is 32.2. The second-order valence-corrected chi connectivity index (χ2v) is 5.68. The first-order valence-corrected chi connectivity index (χ1v) is 6.26. The maximum atomic E-state index is 10.8. The smallest absolute Gasteiger partial charge is 0.149 e. The van der Waals surface area contributed by atoms with Crippen LogP contribution in [0.5, 0.6) is 0 Å². The molecule has 1 aromatic rings. The molecule has 0 saturated heterocycles. The first-order chi connectivity index (χ1) is 5.49. The molecule has 1 unspecified atom stereocenters. The summed E-state index contributed by atoms with van der Waals surface area (Å²) in [4.78, 5) is 3.93. The van der Waals surface area contributed by atoms with Crippen molar-refractivity contribution in [2.75, 3.05) is 12.0 Å². The van der Waals surface area contributed by atoms with Gasteiger partial charge in [0.25, 0.3) is 0 Å². The Morgan fingerprint density at radius 3 is 2.83 bits per heavy atom. The summed E-state index contributed by atoms with van der Waals surface area (Å²) in [5.41, 5.74) is 5.59. The van der Waals surface area contributed by atoms with Gasteiger partial charge in [-0.2, -0.15) is 0 Å². The lowest BCUT2D eigenvalue weighted by atomic mass is 10.4. The standard InChI is InChI=1S/C6H10N2O2S2/c1-12(9,10)4-5(7)6-8-2-3-11-6/h2-3,5H,4,7H2,1H3.